The average molecular weight is 311 g/mol. The second-order valence-electron chi connectivity index (χ2n) is 3.61. The van der Waals surface area contributed by atoms with Crippen molar-refractivity contribution in [3.05, 3.63) is 69.2 Å². The quantitative estimate of drug-likeness (QED) is 0.800. The molecule has 87 valence electrons. The molecule has 0 saturated heterocycles. The lowest BCUT2D eigenvalue weighted by Crippen LogP contribution is -1.95. The second kappa shape index (κ2) is 6.20. The molecule has 2 aromatic carbocycles. The molecule has 2 aromatic rings. The van der Waals surface area contributed by atoms with Crippen molar-refractivity contribution in [1.29, 1.82) is 0 Å². The fraction of sp³-hybridized carbons (Fsp3) is 0.143. The van der Waals surface area contributed by atoms with E-state index >= 15 is 0 Å². The molecular weight excluding hydrogens is 300 g/mol. The van der Waals surface area contributed by atoms with E-state index < -0.39 is 0 Å². The van der Waals surface area contributed by atoms with Gasteiger partial charge in [-0.2, -0.15) is 0 Å². The maximum absolute atomic E-state index is 6.07. The summed E-state index contributed by atoms with van der Waals surface area (Å²) < 4.78 is 6.57. The molecule has 1 nitrogen and oxygen atoms in total. The van der Waals surface area contributed by atoms with Crippen LogP contribution in [0, 0.1) is 6.07 Å². The third-order valence-corrected chi connectivity index (χ3v) is 3.40. The number of hydrogen-bond donors (Lipinski definition) is 0. The Bertz CT molecular complexity index is 465. The smallest absolute Gasteiger partial charge is 0.0747 e. The highest BCUT2D eigenvalue weighted by atomic mass is 79.9. The van der Waals surface area contributed by atoms with Gasteiger partial charge in [0.2, 0.25) is 0 Å². The first kappa shape index (κ1) is 12.6. The van der Waals surface area contributed by atoms with Gasteiger partial charge in [0.1, 0.15) is 0 Å². The summed E-state index contributed by atoms with van der Waals surface area (Å²) in [6.07, 6.45) is 0. The first-order chi connectivity index (χ1) is 8.27. The van der Waals surface area contributed by atoms with E-state index in [-0.39, 0.29) is 0 Å². The normalized spacial score (nSPS) is 10.5. The van der Waals surface area contributed by atoms with E-state index in [1.165, 1.54) is 0 Å². The van der Waals surface area contributed by atoms with E-state index in [0.29, 0.717) is 18.2 Å². The summed E-state index contributed by atoms with van der Waals surface area (Å²) in [6.45, 7) is 1.07. The maximum atomic E-state index is 6.07. The van der Waals surface area contributed by atoms with E-state index in [1.807, 2.05) is 36.4 Å². The fourth-order valence-electron chi connectivity index (χ4n) is 1.46. The van der Waals surface area contributed by atoms with Gasteiger partial charge in [-0.25, -0.2) is 0 Å². The Morgan fingerprint density at radius 2 is 1.88 bits per heavy atom. The molecule has 0 unspecified atom stereocenters. The van der Waals surface area contributed by atoms with Crippen LogP contribution in [0.2, 0.25) is 5.02 Å². The minimum atomic E-state index is 0.489. The Morgan fingerprint density at radius 3 is 2.59 bits per heavy atom. The number of halogens is 2. The summed E-state index contributed by atoms with van der Waals surface area (Å²) in [7, 11) is 0. The monoisotopic (exact) mass is 309 g/mol. The Kier molecular flexibility index (Phi) is 4.60. The second-order valence-corrected chi connectivity index (χ2v) is 4.87. The van der Waals surface area contributed by atoms with Gasteiger partial charge < -0.3 is 4.74 Å². The molecule has 0 spiro atoms. The third kappa shape index (κ3) is 3.56. The largest absolute Gasteiger partial charge is 0.372 e. The summed E-state index contributed by atoms with van der Waals surface area (Å²) in [4.78, 5) is 0. The van der Waals surface area contributed by atoms with Crippen LogP contribution in [0.4, 0.5) is 0 Å². The van der Waals surface area contributed by atoms with Crippen LogP contribution in [0.25, 0.3) is 0 Å². The number of benzene rings is 2. The first-order valence-electron chi connectivity index (χ1n) is 5.23. The van der Waals surface area contributed by atoms with Crippen molar-refractivity contribution in [2.24, 2.45) is 0 Å². The van der Waals surface area contributed by atoms with Gasteiger partial charge in [-0.1, -0.05) is 57.9 Å². The van der Waals surface area contributed by atoms with Gasteiger partial charge in [0, 0.05) is 15.1 Å². The molecule has 17 heavy (non-hydrogen) atoms. The van der Waals surface area contributed by atoms with Crippen LogP contribution >= 0.6 is 27.5 Å². The Labute approximate surface area is 115 Å². The molecule has 0 aliphatic heterocycles. The zero-order valence-electron chi connectivity index (χ0n) is 9.12. The molecule has 0 amide bonds. The van der Waals surface area contributed by atoms with Crippen molar-refractivity contribution in [2.45, 2.75) is 13.2 Å². The van der Waals surface area contributed by atoms with Gasteiger partial charge in [0.05, 0.1) is 13.2 Å². The van der Waals surface area contributed by atoms with Gasteiger partial charge in [0.15, 0.2) is 0 Å². The van der Waals surface area contributed by atoms with Crippen molar-refractivity contribution in [1.82, 2.24) is 0 Å². The van der Waals surface area contributed by atoms with Gasteiger partial charge in [-0.3, -0.25) is 0 Å². The lowest BCUT2D eigenvalue weighted by molar-refractivity contribution is 0.107. The SMILES string of the molecule is Clc1c[c]cc(Br)c1COCc1ccccc1. The molecule has 0 aliphatic carbocycles. The molecule has 3 heteroatoms. The van der Waals surface area contributed by atoms with Crippen LogP contribution in [0.1, 0.15) is 11.1 Å². The summed E-state index contributed by atoms with van der Waals surface area (Å²) in [5.74, 6) is 0. The molecule has 0 aliphatic rings. The van der Waals surface area contributed by atoms with Crippen molar-refractivity contribution in [3.63, 3.8) is 0 Å². The summed E-state index contributed by atoms with van der Waals surface area (Å²) >= 11 is 9.51. The molecule has 0 atom stereocenters. The van der Waals surface area contributed by atoms with Gasteiger partial charge >= 0.3 is 0 Å². The van der Waals surface area contributed by atoms with Gasteiger partial charge in [-0.15, -0.1) is 0 Å². The zero-order chi connectivity index (χ0) is 12.1. The van der Waals surface area contributed by atoms with E-state index in [4.69, 9.17) is 16.3 Å². The highest BCUT2D eigenvalue weighted by molar-refractivity contribution is 9.10. The van der Waals surface area contributed by atoms with Gasteiger partial charge in [-0.05, 0) is 23.8 Å². The minimum Gasteiger partial charge on any atom is -0.372 e. The van der Waals surface area contributed by atoms with E-state index in [1.54, 1.807) is 6.07 Å². The van der Waals surface area contributed by atoms with Crippen LogP contribution < -0.4 is 0 Å². The van der Waals surface area contributed by atoms with Gasteiger partial charge in [0.25, 0.3) is 0 Å². The van der Waals surface area contributed by atoms with E-state index in [0.717, 1.165) is 15.6 Å². The Morgan fingerprint density at radius 1 is 1.12 bits per heavy atom. The van der Waals surface area contributed by atoms with Crippen LogP contribution in [-0.2, 0) is 18.0 Å². The average Bonchev–Trinajstić information content (AvgIpc) is 2.34. The summed E-state index contributed by atoms with van der Waals surface area (Å²) in [5, 5.41) is 0.674. The Hall–Kier alpha value is -0.830. The molecule has 1 radical (unpaired) electrons. The molecular formula is C14H11BrClO. The Balaban J connectivity index is 1.95. The van der Waals surface area contributed by atoms with Crippen LogP contribution in [0.15, 0.2) is 46.9 Å². The molecule has 2 rings (SSSR count). The molecule has 0 bridgehead atoms. The maximum Gasteiger partial charge on any atom is 0.0747 e. The topological polar surface area (TPSA) is 9.23 Å². The van der Waals surface area contributed by atoms with Crippen molar-refractivity contribution in [3.8, 4) is 0 Å². The standard InChI is InChI=1S/C14H11BrClO/c15-13-7-4-8-14(16)12(13)10-17-9-11-5-2-1-3-6-11/h1-3,5-8H,9-10H2. The van der Waals surface area contributed by atoms with Crippen molar-refractivity contribution < 1.29 is 4.74 Å². The first-order valence-corrected chi connectivity index (χ1v) is 6.40. The van der Waals surface area contributed by atoms with E-state index in [9.17, 15) is 0 Å². The number of ether oxygens (including phenoxy) is 1. The third-order valence-electron chi connectivity index (χ3n) is 2.35. The number of hydrogen-bond acceptors (Lipinski definition) is 1. The summed E-state index contributed by atoms with van der Waals surface area (Å²) in [6, 6.07) is 16.6. The van der Waals surface area contributed by atoms with Crippen molar-refractivity contribution >= 4 is 27.5 Å². The summed E-state index contributed by atoms with van der Waals surface area (Å²) in [5.41, 5.74) is 2.11. The fourth-order valence-corrected chi connectivity index (χ4v) is 2.25. The highest BCUT2D eigenvalue weighted by Crippen LogP contribution is 2.25. The zero-order valence-corrected chi connectivity index (χ0v) is 11.5. The minimum absolute atomic E-state index is 0.489. The molecule has 0 fully saturated rings. The molecule has 0 saturated carbocycles. The van der Waals surface area contributed by atoms with Crippen LogP contribution in [0.3, 0.4) is 0 Å². The van der Waals surface area contributed by atoms with E-state index in [2.05, 4.69) is 22.0 Å². The molecule has 0 N–H and O–H groups in total. The molecule has 0 aromatic heterocycles. The van der Waals surface area contributed by atoms with Crippen LogP contribution in [-0.4, -0.2) is 0 Å². The number of rotatable bonds is 4. The lowest BCUT2D eigenvalue weighted by atomic mass is 10.2. The highest BCUT2D eigenvalue weighted by Gasteiger charge is 2.04. The predicted octanol–water partition coefficient (Wildman–Crippen LogP) is 4.62. The molecule has 0 heterocycles. The van der Waals surface area contributed by atoms with Crippen LogP contribution in [0.5, 0.6) is 0 Å². The lowest BCUT2D eigenvalue weighted by Gasteiger charge is -2.08. The predicted molar refractivity (Wildman–Crippen MR) is 72.9 cm³/mol. The van der Waals surface area contributed by atoms with Crippen molar-refractivity contribution in [2.75, 3.05) is 0 Å².